The fraction of sp³-hybridized carbons (Fsp3) is 0.182. The molecule has 1 N–H and O–H groups in total. The second-order valence-corrected chi connectivity index (χ2v) is 7.44. The Morgan fingerprint density at radius 1 is 0.886 bits per heavy atom. The second-order valence-electron chi connectivity index (χ2n) is 7.44. The zero-order valence-corrected chi connectivity index (χ0v) is 17.6. The van der Waals surface area contributed by atoms with Crippen LogP contribution in [-0.4, -0.2) is 38.1 Å². The topological polar surface area (TPSA) is 80.1 Å². The Balaban J connectivity index is 1.67. The van der Waals surface area contributed by atoms with E-state index < -0.39 is 29.4 Å². The normalized spacial score (nSPS) is 14.3. The first-order valence-electron chi connectivity index (χ1n) is 10.0. The van der Waals surface area contributed by atoms with E-state index in [1.807, 2.05) is 0 Å². The summed E-state index contributed by atoms with van der Waals surface area (Å²) >= 11 is 0. The third kappa shape index (κ3) is 5.34. The molecule has 3 aromatic rings. The maximum Gasteiger partial charge on any atom is 0.416 e. The summed E-state index contributed by atoms with van der Waals surface area (Å²) in [5.74, 6) is -0.903. The van der Waals surface area contributed by atoms with Gasteiger partial charge < -0.3 is 0 Å². The van der Waals surface area contributed by atoms with Crippen molar-refractivity contribution in [3.8, 4) is 22.8 Å². The van der Waals surface area contributed by atoms with Crippen LogP contribution in [0, 0.1) is 0 Å². The number of β-lactam (4-membered cyclic amide) rings is 1. The van der Waals surface area contributed by atoms with Crippen LogP contribution in [0.1, 0.15) is 17.5 Å². The molecule has 35 heavy (non-hydrogen) atoms. The van der Waals surface area contributed by atoms with Crippen molar-refractivity contribution in [1.29, 1.82) is 0 Å². The Kier molecular flexibility index (Phi) is 6.09. The van der Waals surface area contributed by atoms with Crippen LogP contribution < -0.4 is 5.43 Å². The summed E-state index contributed by atoms with van der Waals surface area (Å²) in [7, 11) is 0. The number of rotatable bonds is 5. The number of carbonyl (C=O) groups excluding carboxylic acids is 2. The van der Waals surface area contributed by atoms with Gasteiger partial charge >= 0.3 is 12.4 Å². The molecule has 182 valence electrons. The van der Waals surface area contributed by atoms with Gasteiger partial charge in [-0.3, -0.25) is 20.0 Å². The third-order valence-electron chi connectivity index (χ3n) is 5.03. The minimum absolute atomic E-state index is 0.0170. The molecule has 2 heterocycles. The SMILES string of the molecule is O=C(/C=C\n1nc(-c2ccc(C(F)(F)F)cc2)nc1-c1ccc(C(F)(F)F)cc1)NN1CCC1=O. The lowest BCUT2D eigenvalue weighted by Crippen LogP contribution is -2.53. The summed E-state index contributed by atoms with van der Waals surface area (Å²) in [5.41, 5.74) is 1.02. The summed E-state index contributed by atoms with van der Waals surface area (Å²) in [6, 6.07) is 8.02. The van der Waals surface area contributed by atoms with Crippen LogP contribution >= 0.6 is 0 Å². The van der Waals surface area contributed by atoms with E-state index in [0.29, 0.717) is 13.0 Å². The molecular weight excluding hydrogens is 480 g/mol. The smallest absolute Gasteiger partial charge is 0.273 e. The van der Waals surface area contributed by atoms with Crippen LogP contribution in [0.5, 0.6) is 0 Å². The van der Waals surface area contributed by atoms with Crippen molar-refractivity contribution in [2.45, 2.75) is 18.8 Å². The minimum Gasteiger partial charge on any atom is -0.273 e. The molecule has 0 radical (unpaired) electrons. The Labute approximate surface area is 193 Å². The van der Waals surface area contributed by atoms with Crippen LogP contribution in [0.4, 0.5) is 26.3 Å². The molecule has 0 aliphatic carbocycles. The highest BCUT2D eigenvalue weighted by atomic mass is 19.4. The van der Waals surface area contributed by atoms with Crippen molar-refractivity contribution in [2.75, 3.05) is 6.54 Å². The molecule has 2 aromatic carbocycles. The van der Waals surface area contributed by atoms with Crippen molar-refractivity contribution in [3.05, 3.63) is 65.7 Å². The molecule has 2 amide bonds. The van der Waals surface area contributed by atoms with Crippen LogP contribution in [0.2, 0.25) is 0 Å². The molecule has 1 saturated heterocycles. The predicted molar refractivity (Wildman–Crippen MR) is 111 cm³/mol. The number of amides is 2. The van der Waals surface area contributed by atoms with Crippen molar-refractivity contribution in [1.82, 2.24) is 25.2 Å². The lowest BCUT2D eigenvalue weighted by Gasteiger charge is -2.29. The van der Waals surface area contributed by atoms with Crippen molar-refractivity contribution < 1.29 is 35.9 Å². The van der Waals surface area contributed by atoms with E-state index in [0.717, 1.165) is 64.3 Å². The van der Waals surface area contributed by atoms with E-state index in [4.69, 9.17) is 0 Å². The van der Waals surface area contributed by atoms with Gasteiger partial charge in [-0.2, -0.15) is 26.3 Å². The number of alkyl halides is 6. The highest BCUT2D eigenvalue weighted by molar-refractivity contribution is 5.93. The van der Waals surface area contributed by atoms with E-state index in [2.05, 4.69) is 15.5 Å². The Morgan fingerprint density at radius 3 is 1.89 bits per heavy atom. The van der Waals surface area contributed by atoms with Gasteiger partial charge in [-0.25, -0.2) is 9.67 Å². The van der Waals surface area contributed by atoms with Crippen molar-refractivity contribution >= 4 is 18.0 Å². The van der Waals surface area contributed by atoms with E-state index in [9.17, 15) is 35.9 Å². The summed E-state index contributed by atoms with van der Waals surface area (Å²) in [5, 5.41) is 5.28. The minimum atomic E-state index is -4.55. The van der Waals surface area contributed by atoms with Crippen LogP contribution in [-0.2, 0) is 21.9 Å². The van der Waals surface area contributed by atoms with Crippen molar-refractivity contribution in [2.24, 2.45) is 0 Å². The van der Waals surface area contributed by atoms with E-state index in [1.165, 1.54) is 6.20 Å². The first kappa shape index (κ1) is 24.0. The van der Waals surface area contributed by atoms with Crippen LogP contribution in [0.3, 0.4) is 0 Å². The zero-order chi connectivity index (χ0) is 25.4. The summed E-state index contributed by atoms with van der Waals surface area (Å²) < 4.78 is 78.5. The number of halogens is 6. The number of nitrogens with one attached hydrogen (secondary N) is 1. The monoisotopic (exact) mass is 495 g/mol. The average molecular weight is 495 g/mol. The average Bonchev–Trinajstić information content (AvgIpc) is 3.23. The van der Waals surface area contributed by atoms with Gasteiger partial charge in [0.15, 0.2) is 11.6 Å². The maximum atomic E-state index is 12.9. The van der Waals surface area contributed by atoms with E-state index in [-0.39, 0.29) is 28.7 Å². The molecule has 0 unspecified atom stereocenters. The van der Waals surface area contributed by atoms with Gasteiger partial charge in [-0.05, 0) is 24.3 Å². The highest BCUT2D eigenvalue weighted by Gasteiger charge is 2.31. The van der Waals surface area contributed by atoms with Gasteiger partial charge in [0.1, 0.15) is 0 Å². The number of benzene rings is 2. The van der Waals surface area contributed by atoms with Crippen LogP contribution in [0.25, 0.3) is 29.0 Å². The van der Waals surface area contributed by atoms with Gasteiger partial charge in [-0.15, -0.1) is 5.10 Å². The molecule has 0 spiro atoms. The standard InChI is InChI=1S/C22H15F6N5O2/c23-21(24,25)15-5-1-13(2-6-15)19-29-20(14-3-7-16(8-4-14)22(26,27)28)33(31-19)11-9-17(34)30-32-12-10-18(32)35/h1-9,11H,10,12H2,(H,30,34)/b11-9-. The summed E-state index contributed by atoms with van der Waals surface area (Å²) in [6.07, 6.45) is -6.58. The molecular formula is C22H15F6N5O2. The number of nitrogens with zero attached hydrogens (tertiary/aromatic N) is 4. The number of hydrogen-bond acceptors (Lipinski definition) is 4. The Morgan fingerprint density at radius 2 is 1.43 bits per heavy atom. The summed E-state index contributed by atoms with van der Waals surface area (Å²) in [4.78, 5) is 27.7. The van der Waals surface area contributed by atoms with E-state index >= 15 is 0 Å². The largest absolute Gasteiger partial charge is 0.416 e. The second kappa shape index (κ2) is 8.89. The molecule has 7 nitrogen and oxygen atoms in total. The Hall–Kier alpha value is -4.16. The van der Waals surface area contributed by atoms with Crippen molar-refractivity contribution in [3.63, 3.8) is 0 Å². The molecule has 0 atom stereocenters. The third-order valence-corrected chi connectivity index (χ3v) is 5.03. The van der Waals surface area contributed by atoms with Gasteiger partial charge in [0.25, 0.3) is 5.91 Å². The molecule has 0 bridgehead atoms. The van der Waals surface area contributed by atoms with Crippen LogP contribution in [0.15, 0.2) is 54.6 Å². The van der Waals surface area contributed by atoms with Gasteiger partial charge in [0.2, 0.25) is 5.91 Å². The lowest BCUT2D eigenvalue weighted by molar-refractivity contribution is -0.148. The maximum absolute atomic E-state index is 12.9. The van der Waals surface area contributed by atoms with Gasteiger partial charge in [0, 0.05) is 29.8 Å². The summed E-state index contributed by atoms with van der Waals surface area (Å²) in [6.45, 7) is 0.358. The van der Waals surface area contributed by atoms with Gasteiger partial charge in [-0.1, -0.05) is 24.3 Å². The molecule has 0 saturated carbocycles. The quantitative estimate of drug-likeness (QED) is 0.324. The number of hydrazine groups is 1. The predicted octanol–water partition coefficient (Wildman–Crippen LogP) is 4.38. The molecule has 1 aliphatic heterocycles. The first-order valence-corrected chi connectivity index (χ1v) is 10.0. The number of hydrogen-bond donors (Lipinski definition) is 1. The molecule has 4 rings (SSSR count). The number of aromatic nitrogens is 3. The zero-order valence-electron chi connectivity index (χ0n) is 17.6. The fourth-order valence-electron chi connectivity index (χ4n) is 3.10. The highest BCUT2D eigenvalue weighted by Crippen LogP contribution is 2.32. The van der Waals surface area contributed by atoms with E-state index in [1.54, 1.807) is 0 Å². The molecule has 13 heteroatoms. The first-order chi connectivity index (χ1) is 16.4. The number of carbonyl (C=O) groups is 2. The lowest BCUT2D eigenvalue weighted by atomic mass is 10.1. The molecule has 1 aliphatic rings. The van der Waals surface area contributed by atoms with Gasteiger partial charge in [0.05, 0.1) is 17.7 Å². The molecule has 1 aromatic heterocycles. The molecule has 1 fully saturated rings. The Bertz CT molecular complexity index is 1280. The fourth-order valence-corrected chi connectivity index (χ4v) is 3.10.